The van der Waals surface area contributed by atoms with Crippen LogP contribution in [0.25, 0.3) is 0 Å². The molecule has 0 radical (unpaired) electrons. The highest BCUT2D eigenvalue weighted by atomic mass is 16.5. The van der Waals surface area contributed by atoms with Gasteiger partial charge in [0.1, 0.15) is 6.23 Å². The lowest BCUT2D eigenvalue weighted by molar-refractivity contribution is 0.0395. The number of aliphatic hydroxyl groups excluding tert-OH is 1. The topological polar surface area (TPSA) is 55.7 Å². The normalized spacial score (nSPS) is 13.0. The van der Waals surface area contributed by atoms with Crippen LogP contribution in [0.4, 0.5) is 5.69 Å². The maximum atomic E-state index is 9.60. The first kappa shape index (κ1) is 9.98. The molecule has 0 fully saturated rings. The van der Waals surface area contributed by atoms with Gasteiger partial charge in [-0.15, -0.1) is 0 Å². The minimum absolute atomic E-state index is 0.604. The summed E-state index contributed by atoms with van der Waals surface area (Å²) in [6, 6.07) is 6.90. The van der Waals surface area contributed by atoms with E-state index in [1.165, 1.54) is 0 Å². The van der Waals surface area contributed by atoms with Crippen LogP contribution in [0.2, 0.25) is 0 Å². The van der Waals surface area contributed by atoms with Gasteiger partial charge >= 0.3 is 0 Å². The fourth-order valence-electron chi connectivity index (χ4n) is 1.03. The molecule has 1 aromatic carbocycles. The molecule has 1 aromatic rings. The second kappa shape index (κ2) is 4.23. The molecule has 13 heavy (non-hydrogen) atoms. The fraction of sp³-hybridized carbons (Fsp3) is 0.333. The van der Waals surface area contributed by atoms with Crippen LogP contribution in [0.3, 0.4) is 0 Å². The van der Waals surface area contributed by atoms with Gasteiger partial charge in [-0.05, 0) is 31.8 Å². The Hall–Kier alpha value is -1.10. The average molecular weight is 182 g/mol. The summed E-state index contributed by atoms with van der Waals surface area (Å²) in [7, 11) is 3.59. The maximum absolute atomic E-state index is 9.60. The molecule has 0 bridgehead atoms. The van der Waals surface area contributed by atoms with E-state index in [0.717, 1.165) is 5.56 Å². The van der Waals surface area contributed by atoms with Gasteiger partial charge in [0, 0.05) is 0 Å². The molecule has 1 atom stereocenters. The number of hydrogen-bond donors (Lipinski definition) is 3. The molecule has 0 heterocycles. The molecule has 0 saturated heterocycles. The Bertz CT molecular complexity index is 259. The van der Waals surface area contributed by atoms with Crippen LogP contribution in [0.15, 0.2) is 24.3 Å². The largest absolute Gasteiger partial charge is 0.374 e. The molecule has 4 nitrogen and oxygen atoms in total. The van der Waals surface area contributed by atoms with E-state index in [-0.39, 0.29) is 0 Å². The first-order chi connectivity index (χ1) is 6.15. The predicted molar refractivity (Wildman–Crippen MR) is 50.5 cm³/mol. The standard InChI is InChI=1S/C9H14N2O2/c1-11(2)9(12)7-3-5-8(10-13)6-4-7/h3-6,9-10,12-13H,1-2H3. The Labute approximate surface area is 77.4 Å². The van der Waals surface area contributed by atoms with Crippen LogP contribution >= 0.6 is 0 Å². The lowest BCUT2D eigenvalue weighted by atomic mass is 10.2. The zero-order chi connectivity index (χ0) is 9.84. The minimum atomic E-state index is -0.604. The number of rotatable bonds is 3. The van der Waals surface area contributed by atoms with Crippen molar-refractivity contribution in [3.8, 4) is 0 Å². The first-order valence-electron chi connectivity index (χ1n) is 3.99. The average Bonchev–Trinajstić information content (AvgIpc) is 2.17. The van der Waals surface area contributed by atoms with Crippen molar-refractivity contribution in [2.45, 2.75) is 6.23 Å². The Kier molecular flexibility index (Phi) is 3.25. The van der Waals surface area contributed by atoms with Gasteiger partial charge in [0.15, 0.2) is 0 Å². The van der Waals surface area contributed by atoms with Crippen molar-refractivity contribution >= 4 is 5.69 Å². The Morgan fingerprint density at radius 1 is 1.23 bits per heavy atom. The van der Waals surface area contributed by atoms with Crippen LogP contribution < -0.4 is 5.48 Å². The summed E-state index contributed by atoms with van der Waals surface area (Å²) < 4.78 is 0. The summed E-state index contributed by atoms with van der Waals surface area (Å²) in [5, 5.41) is 18.2. The van der Waals surface area contributed by atoms with Crippen LogP contribution in [-0.2, 0) is 0 Å². The molecule has 0 aliphatic carbocycles. The zero-order valence-corrected chi connectivity index (χ0v) is 7.73. The summed E-state index contributed by atoms with van der Waals surface area (Å²) in [6.07, 6.45) is -0.604. The first-order valence-corrected chi connectivity index (χ1v) is 3.99. The van der Waals surface area contributed by atoms with Gasteiger partial charge in [0.05, 0.1) is 5.69 Å². The summed E-state index contributed by atoms with van der Waals surface area (Å²) >= 11 is 0. The number of hydrogen-bond acceptors (Lipinski definition) is 4. The molecule has 0 aliphatic rings. The fourth-order valence-corrected chi connectivity index (χ4v) is 1.03. The zero-order valence-electron chi connectivity index (χ0n) is 7.73. The lowest BCUT2D eigenvalue weighted by Gasteiger charge is -2.18. The van der Waals surface area contributed by atoms with Gasteiger partial charge in [-0.3, -0.25) is 15.6 Å². The van der Waals surface area contributed by atoms with Crippen molar-refractivity contribution in [3.05, 3.63) is 29.8 Å². The van der Waals surface area contributed by atoms with Gasteiger partial charge in [-0.2, -0.15) is 0 Å². The highest BCUT2D eigenvalue weighted by molar-refractivity contribution is 5.42. The van der Waals surface area contributed by atoms with E-state index in [9.17, 15) is 5.11 Å². The SMILES string of the molecule is CN(C)C(O)c1ccc(NO)cc1. The molecular formula is C9H14N2O2. The van der Waals surface area contributed by atoms with Crippen LogP contribution in [0.1, 0.15) is 11.8 Å². The number of nitrogens with zero attached hydrogens (tertiary/aromatic N) is 1. The molecule has 1 rings (SSSR count). The van der Waals surface area contributed by atoms with Gasteiger partial charge in [-0.1, -0.05) is 12.1 Å². The third-order valence-electron chi connectivity index (χ3n) is 1.83. The van der Waals surface area contributed by atoms with Gasteiger partial charge in [-0.25, -0.2) is 0 Å². The third kappa shape index (κ3) is 2.42. The van der Waals surface area contributed by atoms with Crippen LogP contribution in [0, 0.1) is 0 Å². The third-order valence-corrected chi connectivity index (χ3v) is 1.83. The van der Waals surface area contributed by atoms with Crippen molar-refractivity contribution in [1.29, 1.82) is 0 Å². The summed E-state index contributed by atoms with van der Waals surface area (Å²) in [5.74, 6) is 0. The smallest absolute Gasteiger partial charge is 0.133 e. The van der Waals surface area contributed by atoms with E-state index < -0.39 is 6.23 Å². The van der Waals surface area contributed by atoms with Crippen molar-refractivity contribution in [2.24, 2.45) is 0 Å². The van der Waals surface area contributed by atoms with E-state index in [1.807, 2.05) is 5.48 Å². The van der Waals surface area contributed by atoms with Gasteiger partial charge in [0.25, 0.3) is 0 Å². The summed E-state index contributed by atoms with van der Waals surface area (Å²) in [4.78, 5) is 1.70. The monoisotopic (exact) mass is 182 g/mol. The number of benzene rings is 1. The highest BCUT2D eigenvalue weighted by Gasteiger charge is 2.08. The van der Waals surface area contributed by atoms with Crippen molar-refractivity contribution in [2.75, 3.05) is 19.6 Å². The van der Waals surface area contributed by atoms with Crippen molar-refractivity contribution < 1.29 is 10.3 Å². The predicted octanol–water partition coefficient (Wildman–Crippen LogP) is 1.04. The summed E-state index contributed by atoms with van der Waals surface area (Å²) in [5.41, 5.74) is 3.43. The Morgan fingerprint density at radius 3 is 2.15 bits per heavy atom. The molecule has 0 spiro atoms. The highest BCUT2D eigenvalue weighted by Crippen LogP contribution is 2.16. The molecule has 0 amide bonds. The van der Waals surface area contributed by atoms with E-state index in [0.29, 0.717) is 5.69 Å². The molecule has 0 aliphatic heterocycles. The number of aliphatic hydroxyl groups is 1. The molecule has 72 valence electrons. The maximum Gasteiger partial charge on any atom is 0.133 e. The molecule has 4 heteroatoms. The minimum Gasteiger partial charge on any atom is -0.374 e. The van der Waals surface area contributed by atoms with E-state index in [1.54, 1.807) is 43.3 Å². The van der Waals surface area contributed by atoms with Crippen LogP contribution in [-0.4, -0.2) is 29.3 Å². The molecular weight excluding hydrogens is 168 g/mol. The van der Waals surface area contributed by atoms with Gasteiger partial charge < -0.3 is 5.11 Å². The van der Waals surface area contributed by atoms with E-state index in [4.69, 9.17) is 5.21 Å². The van der Waals surface area contributed by atoms with Gasteiger partial charge in [0.2, 0.25) is 0 Å². The van der Waals surface area contributed by atoms with E-state index in [2.05, 4.69) is 0 Å². The molecule has 0 saturated carbocycles. The Balaban J connectivity index is 2.79. The quantitative estimate of drug-likeness (QED) is 0.483. The van der Waals surface area contributed by atoms with Crippen molar-refractivity contribution in [3.63, 3.8) is 0 Å². The van der Waals surface area contributed by atoms with E-state index >= 15 is 0 Å². The lowest BCUT2D eigenvalue weighted by Crippen LogP contribution is -2.19. The second-order valence-corrected chi connectivity index (χ2v) is 3.07. The van der Waals surface area contributed by atoms with Crippen LogP contribution in [0.5, 0.6) is 0 Å². The van der Waals surface area contributed by atoms with Crippen molar-refractivity contribution in [1.82, 2.24) is 4.90 Å². The number of anilines is 1. The second-order valence-electron chi connectivity index (χ2n) is 3.07. The molecule has 3 N–H and O–H groups in total. The molecule has 0 aromatic heterocycles. The summed E-state index contributed by atoms with van der Waals surface area (Å²) in [6.45, 7) is 0. The Morgan fingerprint density at radius 2 is 1.77 bits per heavy atom. The molecule has 1 unspecified atom stereocenters. The number of nitrogens with one attached hydrogen (secondary N) is 1.